The standard InChI is InChI=1S/C7H12O.C6H12O2/c1-5(2)6(3)7(4)8;1-5(7)6(2,3)8-4/h2*1-4H3. The molecule has 0 rings (SSSR count). The minimum Gasteiger partial charge on any atom is -0.371 e. The van der Waals surface area contributed by atoms with E-state index in [0.717, 1.165) is 11.1 Å². The molecule has 0 aliphatic heterocycles. The average molecular weight is 228 g/mol. The third-order valence-corrected chi connectivity index (χ3v) is 2.64. The first-order valence-corrected chi connectivity index (χ1v) is 5.27. The van der Waals surface area contributed by atoms with Gasteiger partial charge in [0.1, 0.15) is 5.60 Å². The molecule has 0 atom stereocenters. The van der Waals surface area contributed by atoms with E-state index in [1.165, 1.54) is 14.0 Å². The Labute approximate surface area is 98.9 Å². The van der Waals surface area contributed by atoms with Crippen LogP contribution in [-0.4, -0.2) is 24.3 Å². The molecule has 0 N–H and O–H groups in total. The van der Waals surface area contributed by atoms with Crippen LogP contribution in [0, 0.1) is 0 Å². The van der Waals surface area contributed by atoms with E-state index in [1.54, 1.807) is 20.8 Å². The molecule has 0 spiro atoms. The Bertz CT molecular complexity index is 282. The summed E-state index contributed by atoms with van der Waals surface area (Å²) in [5.74, 6) is 0.227. The highest BCUT2D eigenvalue weighted by Crippen LogP contribution is 2.06. The Balaban J connectivity index is 0. The zero-order valence-corrected chi connectivity index (χ0v) is 11.7. The van der Waals surface area contributed by atoms with E-state index < -0.39 is 5.60 Å². The molecule has 0 aromatic carbocycles. The molecule has 0 bridgehead atoms. The van der Waals surface area contributed by atoms with Gasteiger partial charge in [-0.1, -0.05) is 5.57 Å². The first-order chi connectivity index (χ1) is 7.06. The summed E-state index contributed by atoms with van der Waals surface area (Å²) in [7, 11) is 1.53. The number of ether oxygens (including phenoxy) is 1. The van der Waals surface area contributed by atoms with Gasteiger partial charge in [-0.3, -0.25) is 9.59 Å². The quantitative estimate of drug-likeness (QED) is 0.697. The Morgan fingerprint density at radius 1 is 0.938 bits per heavy atom. The number of ketones is 2. The second kappa shape index (κ2) is 7.34. The molecule has 3 heteroatoms. The maximum Gasteiger partial charge on any atom is 0.160 e. The molecular weight excluding hydrogens is 204 g/mol. The van der Waals surface area contributed by atoms with Gasteiger partial charge >= 0.3 is 0 Å². The van der Waals surface area contributed by atoms with Gasteiger partial charge < -0.3 is 4.74 Å². The van der Waals surface area contributed by atoms with E-state index in [9.17, 15) is 9.59 Å². The molecular formula is C13H24O3. The molecule has 0 saturated carbocycles. The molecule has 94 valence electrons. The Morgan fingerprint density at radius 2 is 1.31 bits per heavy atom. The summed E-state index contributed by atoms with van der Waals surface area (Å²) in [6, 6.07) is 0. The predicted molar refractivity (Wildman–Crippen MR) is 66.5 cm³/mol. The number of allylic oxidation sites excluding steroid dienone is 2. The molecule has 16 heavy (non-hydrogen) atoms. The number of carbonyl (C=O) groups excluding carboxylic acids is 2. The normalized spacial score (nSPS) is 10.0. The zero-order valence-electron chi connectivity index (χ0n) is 11.7. The van der Waals surface area contributed by atoms with E-state index in [4.69, 9.17) is 4.74 Å². The van der Waals surface area contributed by atoms with Crippen LogP contribution in [0.2, 0.25) is 0 Å². The number of rotatable bonds is 3. The lowest BCUT2D eigenvalue weighted by atomic mass is 10.1. The summed E-state index contributed by atoms with van der Waals surface area (Å²) in [5.41, 5.74) is 1.39. The van der Waals surface area contributed by atoms with Gasteiger partial charge in [0.05, 0.1) is 0 Å². The van der Waals surface area contributed by atoms with Crippen LogP contribution in [0.3, 0.4) is 0 Å². The summed E-state index contributed by atoms with van der Waals surface area (Å²) >= 11 is 0. The molecule has 0 amide bonds. The Hall–Kier alpha value is -0.960. The van der Waals surface area contributed by atoms with Crippen LogP contribution in [0.4, 0.5) is 0 Å². The van der Waals surface area contributed by atoms with Crippen LogP contribution in [0.1, 0.15) is 48.5 Å². The molecule has 0 aromatic rings. The highest BCUT2D eigenvalue weighted by atomic mass is 16.5. The SMILES string of the molecule is CC(=O)C(C)=C(C)C.COC(C)(C)C(C)=O. The third-order valence-electron chi connectivity index (χ3n) is 2.64. The van der Waals surface area contributed by atoms with Crippen molar-refractivity contribution in [2.75, 3.05) is 7.11 Å². The zero-order chi connectivity index (χ0) is 13.5. The third kappa shape index (κ3) is 7.35. The number of hydrogen-bond acceptors (Lipinski definition) is 3. The molecule has 0 aliphatic rings. The largest absolute Gasteiger partial charge is 0.371 e. The lowest BCUT2D eigenvalue weighted by Gasteiger charge is -2.17. The maximum absolute atomic E-state index is 10.6. The molecule has 0 saturated heterocycles. The van der Waals surface area contributed by atoms with Gasteiger partial charge in [-0.05, 0) is 54.0 Å². The molecule has 0 fully saturated rings. The molecule has 0 unspecified atom stereocenters. The van der Waals surface area contributed by atoms with Gasteiger partial charge in [0.15, 0.2) is 11.6 Å². The number of hydrogen-bond donors (Lipinski definition) is 0. The second-order valence-electron chi connectivity index (χ2n) is 4.45. The monoisotopic (exact) mass is 228 g/mol. The van der Waals surface area contributed by atoms with Gasteiger partial charge in [-0.15, -0.1) is 0 Å². The van der Waals surface area contributed by atoms with Crippen LogP contribution >= 0.6 is 0 Å². The number of Topliss-reactive ketones (excluding diaryl/α,β-unsaturated/α-hetero) is 2. The van der Waals surface area contributed by atoms with E-state index >= 15 is 0 Å². The minimum atomic E-state index is -0.597. The van der Waals surface area contributed by atoms with E-state index in [-0.39, 0.29) is 11.6 Å². The number of carbonyl (C=O) groups is 2. The summed E-state index contributed by atoms with van der Waals surface area (Å²) in [4.78, 5) is 21.1. The van der Waals surface area contributed by atoms with Crippen LogP contribution < -0.4 is 0 Å². The van der Waals surface area contributed by atoms with Gasteiger partial charge in [0.25, 0.3) is 0 Å². The first-order valence-electron chi connectivity index (χ1n) is 5.27. The fourth-order valence-electron chi connectivity index (χ4n) is 0.496. The molecule has 0 aliphatic carbocycles. The molecule has 3 nitrogen and oxygen atoms in total. The summed E-state index contributed by atoms with van der Waals surface area (Å²) in [6.45, 7) is 12.3. The lowest BCUT2D eigenvalue weighted by molar-refractivity contribution is -0.134. The minimum absolute atomic E-state index is 0.0556. The van der Waals surface area contributed by atoms with Gasteiger partial charge in [0.2, 0.25) is 0 Å². The Morgan fingerprint density at radius 3 is 1.31 bits per heavy atom. The molecule has 0 radical (unpaired) electrons. The second-order valence-corrected chi connectivity index (χ2v) is 4.45. The smallest absolute Gasteiger partial charge is 0.160 e. The summed E-state index contributed by atoms with van der Waals surface area (Å²) in [6.07, 6.45) is 0. The Kier molecular flexibility index (Phi) is 7.99. The van der Waals surface area contributed by atoms with Crippen LogP contribution in [0.5, 0.6) is 0 Å². The fourth-order valence-corrected chi connectivity index (χ4v) is 0.496. The summed E-state index contributed by atoms with van der Waals surface area (Å²) < 4.78 is 4.85. The van der Waals surface area contributed by atoms with Crippen molar-refractivity contribution in [3.8, 4) is 0 Å². The first kappa shape index (κ1) is 17.4. The highest BCUT2D eigenvalue weighted by molar-refractivity contribution is 5.93. The van der Waals surface area contributed by atoms with Crippen LogP contribution in [0.25, 0.3) is 0 Å². The number of methoxy groups -OCH3 is 1. The van der Waals surface area contributed by atoms with E-state index in [0.29, 0.717) is 0 Å². The summed E-state index contributed by atoms with van der Waals surface area (Å²) in [5, 5.41) is 0. The van der Waals surface area contributed by atoms with Crippen molar-refractivity contribution in [1.29, 1.82) is 0 Å². The van der Waals surface area contributed by atoms with Crippen molar-refractivity contribution in [2.24, 2.45) is 0 Å². The maximum atomic E-state index is 10.6. The lowest BCUT2D eigenvalue weighted by Crippen LogP contribution is -2.31. The van der Waals surface area contributed by atoms with Gasteiger partial charge in [-0.2, -0.15) is 0 Å². The average Bonchev–Trinajstić information content (AvgIpc) is 2.17. The van der Waals surface area contributed by atoms with Crippen molar-refractivity contribution in [3.05, 3.63) is 11.1 Å². The van der Waals surface area contributed by atoms with Crippen molar-refractivity contribution in [2.45, 2.75) is 54.1 Å². The molecule has 0 aromatic heterocycles. The van der Waals surface area contributed by atoms with Crippen LogP contribution in [-0.2, 0) is 14.3 Å². The van der Waals surface area contributed by atoms with Gasteiger partial charge in [-0.25, -0.2) is 0 Å². The van der Waals surface area contributed by atoms with E-state index in [2.05, 4.69) is 0 Å². The predicted octanol–water partition coefficient (Wildman–Crippen LogP) is 2.93. The molecule has 0 heterocycles. The highest BCUT2D eigenvalue weighted by Gasteiger charge is 2.21. The topological polar surface area (TPSA) is 43.4 Å². The van der Waals surface area contributed by atoms with Crippen molar-refractivity contribution in [1.82, 2.24) is 0 Å². The van der Waals surface area contributed by atoms with Crippen molar-refractivity contribution >= 4 is 11.6 Å². The van der Waals surface area contributed by atoms with Crippen molar-refractivity contribution < 1.29 is 14.3 Å². The van der Waals surface area contributed by atoms with Crippen molar-refractivity contribution in [3.63, 3.8) is 0 Å². The van der Waals surface area contributed by atoms with Crippen LogP contribution in [0.15, 0.2) is 11.1 Å². The van der Waals surface area contributed by atoms with Gasteiger partial charge in [0, 0.05) is 7.11 Å². The fraction of sp³-hybridized carbons (Fsp3) is 0.692. The van der Waals surface area contributed by atoms with E-state index in [1.807, 2.05) is 20.8 Å².